The van der Waals surface area contributed by atoms with Gasteiger partial charge in [0.05, 0.1) is 4.90 Å². The lowest BCUT2D eigenvalue weighted by Crippen LogP contribution is -1.99. The van der Waals surface area contributed by atoms with Crippen molar-refractivity contribution in [2.75, 3.05) is 6.61 Å². The van der Waals surface area contributed by atoms with Crippen LogP contribution in [0.3, 0.4) is 0 Å². The quantitative estimate of drug-likeness (QED) is 0.617. The third-order valence-electron chi connectivity index (χ3n) is 2.43. The highest BCUT2D eigenvalue weighted by Gasteiger charge is 2.17. The van der Waals surface area contributed by atoms with Crippen LogP contribution >= 0.6 is 33.9 Å². The molecule has 0 aliphatic rings. The number of pyridine rings is 1. The lowest BCUT2D eigenvalue weighted by Gasteiger charge is -2.09. The summed E-state index contributed by atoms with van der Waals surface area (Å²) in [5, 5.41) is 0.566. The number of nitrogens with zero attached hydrogens (tertiary/aromatic N) is 1. The molecule has 0 aliphatic carbocycles. The molecule has 1 heterocycles. The monoisotopic (exact) mass is 351 g/mol. The maximum atomic E-state index is 11.5. The lowest BCUT2D eigenvalue weighted by molar-refractivity contribution is 0.366. The van der Waals surface area contributed by atoms with E-state index in [0.717, 1.165) is 0 Å². The zero-order valence-corrected chi connectivity index (χ0v) is 13.0. The molecule has 2 rings (SSSR count). The number of halogens is 3. The van der Waals surface area contributed by atoms with Crippen LogP contribution in [0.1, 0.15) is 0 Å². The van der Waals surface area contributed by atoms with E-state index in [1.807, 2.05) is 0 Å². The lowest BCUT2D eigenvalue weighted by atomic mass is 10.2. The molecule has 1 aromatic carbocycles. The number of hydrogen-bond donors (Lipinski definition) is 0. The van der Waals surface area contributed by atoms with Gasteiger partial charge in [-0.3, -0.25) is 0 Å². The van der Waals surface area contributed by atoms with Crippen LogP contribution in [-0.4, -0.2) is 20.0 Å². The summed E-state index contributed by atoms with van der Waals surface area (Å²) in [5.41, 5.74) is 1.64. The summed E-state index contributed by atoms with van der Waals surface area (Å²) in [7, 11) is 1.51. The molecule has 0 atom stereocenters. The van der Waals surface area contributed by atoms with Crippen LogP contribution in [0.2, 0.25) is 5.15 Å². The molecule has 2 aromatic rings. The van der Waals surface area contributed by atoms with Crippen molar-refractivity contribution in [2.45, 2.75) is 4.90 Å². The Kier molecular flexibility index (Phi) is 4.75. The molecule has 0 unspecified atom stereocenters. The first-order valence-electron chi connectivity index (χ1n) is 5.35. The number of rotatable bonds is 4. The molecule has 0 bridgehead atoms. The van der Waals surface area contributed by atoms with E-state index in [1.54, 1.807) is 6.08 Å². The normalized spacial score (nSPS) is 12.2. The van der Waals surface area contributed by atoms with Gasteiger partial charge in [-0.05, 0) is 30.3 Å². The van der Waals surface area contributed by atoms with Crippen molar-refractivity contribution < 1.29 is 13.2 Å². The molecular weight excluding hydrogens is 345 g/mol. The molecule has 0 saturated heterocycles. The summed E-state index contributed by atoms with van der Waals surface area (Å²) in [6.07, 6.45) is 1.59. The Labute approximate surface area is 130 Å². The van der Waals surface area contributed by atoms with Crippen LogP contribution in [0.15, 0.2) is 40.8 Å². The van der Waals surface area contributed by atoms with E-state index in [9.17, 15) is 8.42 Å². The second-order valence-electron chi connectivity index (χ2n) is 3.70. The molecule has 0 aliphatic heterocycles. The average molecular weight is 353 g/mol. The Morgan fingerprint density at radius 2 is 2.00 bits per heavy atom. The third kappa shape index (κ3) is 3.35. The molecular formula is C12H8Cl3NO3S. The van der Waals surface area contributed by atoms with Crippen molar-refractivity contribution in [2.24, 2.45) is 0 Å². The first-order chi connectivity index (χ1) is 9.43. The van der Waals surface area contributed by atoms with Gasteiger partial charge < -0.3 is 4.74 Å². The van der Waals surface area contributed by atoms with Gasteiger partial charge in [-0.2, -0.15) is 0 Å². The molecule has 0 spiro atoms. The van der Waals surface area contributed by atoms with Gasteiger partial charge in [0.2, 0.25) is 0 Å². The molecule has 0 saturated carbocycles. The predicted octanol–water partition coefficient (Wildman–Crippen LogP) is 3.95. The van der Waals surface area contributed by atoms with Crippen LogP contribution in [-0.2, 0) is 9.05 Å². The fourth-order valence-corrected chi connectivity index (χ4v) is 2.93. The van der Waals surface area contributed by atoms with Gasteiger partial charge in [0.1, 0.15) is 23.0 Å². The Balaban J connectivity index is 2.65. The van der Waals surface area contributed by atoms with Crippen molar-refractivity contribution in [3.05, 3.63) is 41.0 Å². The average Bonchev–Trinajstić information content (AvgIpc) is 2.37. The van der Waals surface area contributed by atoms with E-state index in [4.69, 9.17) is 38.6 Å². The minimum absolute atomic E-state index is 0.0430. The maximum absolute atomic E-state index is 11.5. The molecule has 0 radical (unpaired) electrons. The van der Waals surface area contributed by atoms with Crippen LogP contribution in [0.5, 0.6) is 5.75 Å². The third-order valence-corrected chi connectivity index (χ3v) is 4.20. The van der Waals surface area contributed by atoms with Gasteiger partial charge in [0, 0.05) is 21.6 Å². The fraction of sp³-hybridized carbons (Fsp3) is 0.0833. The predicted molar refractivity (Wildman–Crippen MR) is 80.3 cm³/mol. The zero-order chi connectivity index (χ0) is 14.8. The van der Waals surface area contributed by atoms with E-state index >= 15 is 0 Å². The van der Waals surface area contributed by atoms with E-state index in [2.05, 4.69) is 4.98 Å². The fourth-order valence-electron chi connectivity index (χ4n) is 1.65. The first kappa shape index (κ1) is 15.4. The van der Waals surface area contributed by atoms with Crippen molar-refractivity contribution in [1.82, 2.24) is 4.98 Å². The highest BCUT2D eigenvalue weighted by atomic mass is 35.7. The SMILES string of the molecule is O=S(=O)(Cl)c1ccc(OC/C=C/Cl)c2nc(Cl)ccc12. The van der Waals surface area contributed by atoms with Crippen molar-refractivity contribution in [3.8, 4) is 5.75 Å². The Morgan fingerprint density at radius 3 is 2.65 bits per heavy atom. The second-order valence-corrected chi connectivity index (χ2v) is 6.88. The largest absolute Gasteiger partial charge is 0.487 e. The summed E-state index contributed by atoms with van der Waals surface area (Å²) >= 11 is 11.2. The van der Waals surface area contributed by atoms with E-state index in [-0.39, 0.29) is 16.7 Å². The minimum Gasteiger partial charge on any atom is -0.487 e. The van der Waals surface area contributed by atoms with E-state index < -0.39 is 9.05 Å². The maximum Gasteiger partial charge on any atom is 0.261 e. The number of ether oxygens (including phenoxy) is 1. The topological polar surface area (TPSA) is 56.3 Å². The van der Waals surface area contributed by atoms with E-state index in [0.29, 0.717) is 16.7 Å². The molecule has 8 heteroatoms. The van der Waals surface area contributed by atoms with Gasteiger partial charge in [-0.15, -0.1) is 0 Å². The van der Waals surface area contributed by atoms with Gasteiger partial charge in [-0.1, -0.05) is 23.2 Å². The summed E-state index contributed by atoms with van der Waals surface area (Å²) in [6, 6.07) is 5.85. The van der Waals surface area contributed by atoms with Crippen molar-refractivity contribution >= 4 is 53.8 Å². The molecule has 106 valence electrons. The number of hydrogen-bond acceptors (Lipinski definition) is 4. The van der Waals surface area contributed by atoms with Gasteiger partial charge in [0.15, 0.2) is 0 Å². The van der Waals surface area contributed by atoms with Crippen LogP contribution in [0, 0.1) is 0 Å². The molecule has 1 aromatic heterocycles. The van der Waals surface area contributed by atoms with E-state index in [1.165, 1.54) is 29.8 Å². The smallest absolute Gasteiger partial charge is 0.261 e. The summed E-state index contributed by atoms with van der Waals surface area (Å²) in [5.74, 6) is 0.390. The van der Waals surface area contributed by atoms with Crippen LogP contribution < -0.4 is 4.74 Å². The second kappa shape index (κ2) is 6.18. The van der Waals surface area contributed by atoms with Crippen LogP contribution in [0.25, 0.3) is 10.9 Å². The molecule has 20 heavy (non-hydrogen) atoms. The number of benzene rings is 1. The summed E-state index contributed by atoms with van der Waals surface area (Å²) in [6.45, 7) is 0.222. The van der Waals surface area contributed by atoms with Crippen molar-refractivity contribution in [3.63, 3.8) is 0 Å². The van der Waals surface area contributed by atoms with Gasteiger partial charge in [0.25, 0.3) is 9.05 Å². The standard InChI is InChI=1S/C12H8Cl3NO3S/c13-6-1-7-19-9-3-4-10(20(15,17)18)8-2-5-11(14)16-12(8)9/h1-6H,7H2/b6-1+. The van der Waals surface area contributed by atoms with Gasteiger partial charge >= 0.3 is 0 Å². The van der Waals surface area contributed by atoms with Crippen LogP contribution in [0.4, 0.5) is 0 Å². The van der Waals surface area contributed by atoms with Crippen molar-refractivity contribution in [1.29, 1.82) is 0 Å². The molecule has 0 N–H and O–H groups in total. The number of aromatic nitrogens is 1. The highest BCUT2D eigenvalue weighted by molar-refractivity contribution is 8.14. The first-order valence-corrected chi connectivity index (χ1v) is 8.48. The summed E-state index contributed by atoms with van der Waals surface area (Å²) < 4.78 is 28.5. The number of fused-ring (bicyclic) bond motifs is 1. The summed E-state index contributed by atoms with van der Waals surface area (Å²) in [4.78, 5) is 4.05. The Bertz CT molecular complexity index is 775. The zero-order valence-electron chi connectivity index (χ0n) is 9.89. The minimum atomic E-state index is -3.89. The highest BCUT2D eigenvalue weighted by Crippen LogP contribution is 2.32. The Hall–Kier alpha value is -1.01. The molecule has 4 nitrogen and oxygen atoms in total. The molecule has 0 amide bonds. The Morgan fingerprint density at radius 1 is 1.25 bits per heavy atom. The molecule has 0 fully saturated rings. The van der Waals surface area contributed by atoms with Gasteiger partial charge in [-0.25, -0.2) is 13.4 Å².